The van der Waals surface area contributed by atoms with Crippen molar-refractivity contribution in [3.63, 3.8) is 0 Å². The van der Waals surface area contributed by atoms with Gasteiger partial charge in [0.25, 0.3) is 0 Å². The second-order valence-corrected chi connectivity index (χ2v) is 6.65. The van der Waals surface area contributed by atoms with Crippen LogP contribution in [0.2, 0.25) is 0 Å². The Morgan fingerprint density at radius 1 is 1.10 bits per heavy atom. The molecule has 1 aliphatic carbocycles. The van der Waals surface area contributed by atoms with Gasteiger partial charge in [-0.25, -0.2) is 0 Å². The molecule has 2 heterocycles. The number of hydrogen-bond donors (Lipinski definition) is 1. The highest BCUT2D eigenvalue weighted by Gasteiger charge is 2.32. The van der Waals surface area contributed by atoms with Crippen LogP contribution in [0.15, 0.2) is 24.3 Å². The Morgan fingerprint density at radius 2 is 1.90 bits per heavy atom. The zero-order valence-corrected chi connectivity index (χ0v) is 12.2. The van der Waals surface area contributed by atoms with Crippen molar-refractivity contribution in [2.75, 3.05) is 39.3 Å². The molecule has 1 aromatic rings. The van der Waals surface area contributed by atoms with Crippen LogP contribution >= 0.6 is 0 Å². The number of piperazine rings is 1. The molecule has 3 aliphatic rings. The molecule has 0 aromatic heterocycles. The summed E-state index contributed by atoms with van der Waals surface area (Å²) in [5.41, 5.74) is 3.08. The van der Waals surface area contributed by atoms with Gasteiger partial charge in [-0.2, -0.15) is 0 Å². The summed E-state index contributed by atoms with van der Waals surface area (Å²) in [6.45, 7) is 8.45. The highest BCUT2D eigenvalue weighted by Crippen LogP contribution is 2.40. The number of likely N-dealkylation sites (tertiary alicyclic amines) is 1. The largest absolute Gasteiger partial charge is 0.314 e. The summed E-state index contributed by atoms with van der Waals surface area (Å²) in [5.74, 6) is 0.875. The molecule has 3 fully saturated rings. The van der Waals surface area contributed by atoms with Gasteiger partial charge >= 0.3 is 0 Å². The predicted molar refractivity (Wildman–Crippen MR) is 81.9 cm³/mol. The minimum atomic E-state index is 0.809. The van der Waals surface area contributed by atoms with E-state index in [1.807, 2.05) is 0 Å². The SMILES string of the molecule is c1cc(CN2CC(N3CCNCC3)C2)cc(C2CC2)c1. The molecule has 2 saturated heterocycles. The summed E-state index contributed by atoms with van der Waals surface area (Å²) in [6, 6.07) is 10.1. The molecule has 3 nitrogen and oxygen atoms in total. The van der Waals surface area contributed by atoms with E-state index in [0.29, 0.717) is 0 Å². The molecular formula is C17H25N3. The lowest BCUT2D eigenvalue weighted by Gasteiger charge is -2.47. The summed E-state index contributed by atoms with van der Waals surface area (Å²) in [7, 11) is 0. The lowest BCUT2D eigenvalue weighted by Crippen LogP contribution is -2.62. The van der Waals surface area contributed by atoms with Crippen molar-refractivity contribution in [2.45, 2.75) is 31.3 Å². The maximum absolute atomic E-state index is 3.44. The molecule has 1 saturated carbocycles. The number of hydrogen-bond acceptors (Lipinski definition) is 3. The Bertz CT molecular complexity index is 457. The van der Waals surface area contributed by atoms with Gasteiger partial charge in [-0.1, -0.05) is 24.3 Å². The summed E-state index contributed by atoms with van der Waals surface area (Å²) >= 11 is 0. The van der Waals surface area contributed by atoms with E-state index in [9.17, 15) is 0 Å². The van der Waals surface area contributed by atoms with Crippen LogP contribution in [-0.2, 0) is 6.54 Å². The van der Waals surface area contributed by atoms with E-state index in [1.54, 1.807) is 5.56 Å². The van der Waals surface area contributed by atoms with Crippen LogP contribution < -0.4 is 5.32 Å². The smallest absolute Gasteiger partial charge is 0.0351 e. The van der Waals surface area contributed by atoms with Gasteiger partial charge < -0.3 is 5.32 Å². The lowest BCUT2D eigenvalue weighted by molar-refractivity contribution is 0.0223. The van der Waals surface area contributed by atoms with E-state index in [1.165, 1.54) is 57.7 Å². The van der Waals surface area contributed by atoms with E-state index in [0.717, 1.165) is 18.5 Å². The first kappa shape index (κ1) is 12.8. The number of benzene rings is 1. The highest BCUT2D eigenvalue weighted by atomic mass is 15.3. The molecule has 1 aromatic carbocycles. The molecule has 0 spiro atoms. The molecule has 1 N–H and O–H groups in total. The predicted octanol–water partition coefficient (Wildman–Crippen LogP) is 1.65. The van der Waals surface area contributed by atoms with Crippen LogP contribution in [0.4, 0.5) is 0 Å². The molecule has 20 heavy (non-hydrogen) atoms. The van der Waals surface area contributed by atoms with E-state index < -0.39 is 0 Å². The first-order valence-electron chi connectivity index (χ1n) is 8.14. The van der Waals surface area contributed by atoms with Gasteiger partial charge in [0.15, 0.2) is 0 Å². The maximum atomic E-state index is 3.44. The van der Waals surface area contributed by atoms with Gasteiger partial charge in [0.2, 0.25) is 0 Å². The van der Waals surface area contributed by atoms with Crippen molar-refractivity contribution < 1.29 is 0 Å². The Hall–Kier alpha value is -0.900. The summed E-state index contributed by atoms with van der Waals surface area (Å²) in [4.78, 5) is 5.26. The molecule has 0 amide bonds. The van der Waals surface area contributed by atoms with Crippen LogP contribution in [0.25, 0.3) is 0 Å². The summed E-state index contributed by atoms with van der Waals surface area (Å²) < 4.78 is 0. The fourth-order valence-corrected chi connectivity index (χ4v) is 3.57. The van der Waals surface area contributed by atoms with Crippen molar-refractivity contribution in [1.29, 1.82) is 0 Å². The van der Waals surface area contributed by atoms with Crippen molar-refractivity contribution in [3.05, 3.63) is 35.4 Å². The minimum absolute atomic E-state index is 0.809. The zero-order valence-electron chi connectivity index (χ0n) is 12.2. The topological polar surface area (TPSA) is 18.5 Å². The molecule has 0 bridgehead atoms. The number of nitrogens with zero attached hydrogens (tertiary/aromatic N) is 2. The van der Waals surface area contributed by atoms with E-state index >= 15 is 0 Å². The van der Waals surface area contributed by atoms with Crippen LogP contribution in [0.3, 0.4) is 0 Å². The maximum Gasteiger partial charge on any atom is 0.0351 e. The molecule has 3 heteroatoms. The van der Waals surface area contributed by atoms with Gasteiger partial charge in [-0.05, 0) is 29.9 Å². The summed E-state index contributed by atoms with van der Waals surface area (Å²) in [5, 5.41) is 3.44. The Morgan fingerprint density at radius 3 is 2.65 bits per heavy atom. The van der Waals surface area contributed by atoms with Gasteiger partial charge in [0.05, 0.1) is 0 Å². The van der Waals surface area contributed by atoms with Crippen molar-refractivity contribution in [3.8, 4) is 0 Å². The number of rotatable bonds is 4. The molecule has 0 unspecified atom stereocenters. The second kappa shape index (κ2) is 5.47. The van der Waals surface area contributed by atoms with E-state index in [-0.39, 0.29) is 0 Å². The molecular weight excluding hydrogens is 246 g/mol. The van der Waals surface area contributed by atoms with Crippen molar-refractivity contribution >= 4 is 0 Å². The quantitative estimate of drug-likeness (QED) is 0.898. The molecule has 108 valence electrons. The van der Waals surface area contributed by atoms with E-state index in [4.69, 9.17) is 0 Å². The first-order valence-corrected chi connectivity index (χ1v) is 8.14. The van der Waals surface area contributed by atoms with Crippen LogP contribution in [0.5, 0.6) is 0 Å². The summed E-state index contributed by atoms with van der Waals surface area (Å²) in [6.07, 6.45) is 2.80. The van der Waals surface area contributed by atoms with Crippen LogP contribution in [0.1, 0.15) is 29.9 Å². The first-order chi connectivity index (χ1) is 9.88. The van der Waals surface area contributed by atoms with Crippen LogP contribution in [-0.4, -0.2) is 55.1 Å². The molecule has 0 atom stereocenters. The van der Waals surface area contributed by atoms with Crippen LogP contribution in [0, 0.1) is 0 Å². The van der Waals surface area contributed by atoms with Crippen molar-refractivity contribution in [2.24, 2.45) is 0 Å². The standard InChI is InChI=1S/C17H25N3/c1-2-14(10-16(3-1)15-4-5-15)11-19-12-17(13-19)20-8-6-18-7-9-20/h1-3,10,15,17-18H,4-9,11-13H2. The number of nitrogens with one attached hydrogen (secondary N) is 1. The Labute approximate surface area is 121 Å². The van der Waals surface area contributed by atoms with Gasteiger partial charge in [-0.15, -0.1) is 0 Å². The molecule has 0 radical (unpaired) electrons. The average Bonchev–Trinajstić information content (AvgIpc) is 3.28. The third-order valence-electron chi connectivity index (χ3n) is 5.01. The molecule has 2 aliphatic heterocycles. The highest BCUT2D eigenvalue weighted by molar-refractivity contribution is 5.29. The monoisotopic (exact) mass is 271 g/mol. The van der Waals surface area contributed by atoms with Gasteiger partial charge in [-0.3, -0.25) is 9.80 Å². The second-order valence-electron chi connectivity index (χ2n) is 6.65. The van der Waals surface area contributed by atoms with Gasteiger partial charge in [0, 0.05) is 51.9 Å². The average molecular weight is 271 g/mol. The Balaban J connectivity index is 1.29. The fourth-order valence-electron chi connectivity index (χ4n) is 3.57. The molecule has 4 rings (SSSR count). The van der Waals surface area contributed by atoms with E-state index in [2.05, 4.69) is 39.4 Å². The third-order valence-corrected chi connectivity index (χ3v) is 5.01. The normalized spacial score (nSPS) is 25.6. The third kappa shape index (κ3) is 2.76. The van der Waals surface area contributed by atoms with Gasteiger partial charge in [0.1, 0.15) is 0 Å². The lowest BCUT2D eigenvalue weighted by atomic mass is 10.0. The Kier molecular flexibility index (Phi) is 3.51. The van der Waals surface area contributed by atoms with Crippen molar-refractivity contribution in [1.82, 2.24) is 15.1 Å². The fraction of sp³-hybridized carbons (Fsp3) is 0.647. The minimum Gasteiger partial charge on any atom is -0.314 e. The zero-order chi connectivity index (χ0) is 13.4.